The van der Waals surface area contributed by atoms with E-state index < -0.39 is 24.3 Å². The zero-order valence-electron chi connectivity index (χ0n) is 24.4. The van der Waals surface area contributed by atoms with Crippen LogP contribution >= 0.6 is 11.6 Å². The Balaban J connectivity index is 1.31. The molecular formula is C31H42ClNO5SSi. The largest absolute Gasteiger partial charge is 0.543 e. The lowest BCUT2D eigenvalue weighted by atomic mass is 9.55. The average molecular weight is 604 g/mol. The second-order valence-electron chi connectivity index (χ2n) is 13.8. The normalized spacial score (nSPS) is 28.3. The second-order valence-corrected chi connectivity index (χ2v) is 20.5. The molecule has 0 bridgehead atoms. The van der Waals surface area contributed by atoms with Crippen molar-refractivity contribution in [2.45, 2.75) is 101 Å². The molecule has 9 heteroatoms. The van der Waals surface area contributed by atoms with Crippen LogP contribution in [-0.2, 0) is 21.2 Å². The zero-order valence-corrected chi connectivity index (χ0v) is 27.0. The third kappa shape index (κ3) is 5.25. The van der Waals surface area contributed by atoms with Gasteiger partial charge in [0, 0.05) is 5.41 Å². The summed E-state index contributed by atoms with van der Waals surface area (Å²) in [5.74, 6) is 2.08. The van der Waals surface area contributed by atoms with Crippen LogP contribution in [0.15, 0.2) is 41.3 Å². The number of sulfonamides is 1. The number of hydrogen-bond donors (Lipinski definition) is 1. The zero-order chi connectivity index (χ0) is 29.3. The molecule has 2 saturated carbocycles. The lowest BCUT2D eigenvalue weighted by Crippen LogP contribution is -2.45. The van der Waals surface area contributed by atoms with Crippen molar-refractivity contribution >= 4 is 35.9 Å². The molecule has 3 aliphatic carbocycles. The Bertz CT molecular complexity index is 1440. The first-order valence-corrected chi connectivity index (χ1v) is 19.2. The quantitative estimate of drug-likeness (QED) is 0.283. The third-order valence-corrected chi connectivity index (χ3v) is 16.1. The minimum atomic E-state index is -3.91. The van der Waals surface area contributed by atoms with Gasteiger partial charge in [0.1, 0.15) is 11.9 Å². The fourth-order valence-corrected chi connectivity index (χ4v) is 9.13. The number of primary sulfonamides is 1. The van der Waals surface area contributed by atoms with Gasteiger partial charge in [0.15, 0.2) is 0 Å². The summed E-state index contributed by atoms with van der Waals surface area (Å²) in [4.78, 5) is 13.0. The highest BCUT2D eigenvalue weighted by Crippen LogP contribution is 2.61. The first kappa shape index (κ1) is 29.6. The highest BCUT2D eigenvalue weighted by atomic mass is 35.5. The van der Waals surface area contributed by atoms with Crippen LogP contribution in [0.2, 0.25) is 23.2 Å². The molecule has 0 spiro atoms. The van der Waals surface area contributed by atoms with E-state index in [9.17, 15) is 13.2 Å². The van der Waals surface area contributed by atoms with Gasteiger partial charge in [-0.2, -0.15) is 0 Å². The molecule has 0 unspecified atom stereocenters. The van der Waals surface area contributed by atoms with E-state index in [0.29, 0.717) is 17.8 Å². The summed E-state index contributed by atoms with van der Waals surface area (Å²) in [6, 6.07) is 10.7. The maximum Gasteiger partial charge on any atom is 0.339 e. The maximum absolute atomic E-state index is 13.1. The van der Waals surface area contributed by atoms with E-state index in [2.05, 4.69) is 59.0 Å². The third-order valence-electron chi connectivity index (χ3n) is 10.5. The van der Waals surface area contributed by atoms with Gasteiger partial charge in [-0.1, -0.05) is 45.4 Å². The monoisotopic (exact) mass is 603 g/mol. The molecule has 218 valence electrons. The molecule has 2 N–H and O–H groups in total. The van der Waals surface area contributed by atoms with Crippen LogP contribution < -0.4 is 9.56 Å². The number of nitrogens with two attached hydrogens (primary N) is 1. The van der Waals surface area contributed by atoms with Crippen LogP contribution in [0.25, 0.3) is 0 Å². The SMILES string of the molecule is CC(C)(C)[Si](C)(C)Oc1ccc2c(c1)CC[C@@H]1[C@@H]2CC[C@]2(C)[C@@H](OC(=O)c3ccc(S(N)(=O)=O)cc3Cl)CC[C@@H]12. The number of ether oxygens (including phenoxy) is 1. The maximum atomic E-state index is 13.1. The number of halogens is 1. The Morgan fingerprint density at radius 1 is 1.07 bits per heavy atom. The van der Waals surface area contributed by atoms with Crippen molar-refractivity contribution in [2.24, 2.45) is 22.4 Å². The van der Waals surface area contributed by atoms with Gasteiger partial charge >= 0.3 is 5.97 Å². The molecule has 5 rings (SSSR count). The van der Waals surface area contributed by atoms with Crippen LogP contribution in [0, 0.1) is 17.3 Å². The molecule has 40 heavy (non-hydrogen) atoms. The van der Waals surface area contributed by atoms with Gasteiger partial charge < -0.3 is 9.16 Å². The van der Waals surface area contributed by atoms with E-state index in [4.69, 9.17) is 25.9 Å². The molecule has 0 saturated heterocycles. The molecule has 0 aliphatic heterocycles. The number of esters is 1. The van der Waals surface area contributed by atoms with Crippen LogP contribution in [-0.4, -0.2) is 28.8 Å². The lowest BCUT2D eigenvalue weighted by Gasteiger charge is -2.50. The topological polar surface area (TPSA) is 95.7 Å². The van der Waals surface area contributed by atoms with Crippen LogP contribution in [0.5, 0.6) is 5.75 Å². The summed E-state index contributed by atoms with van der Waals surface area (Å²) >= 11 is 6.27. The van der Waals surface area contributed by atoms with E-state index in [-0.39, 0.29) is 32.0 Å². The Labute approximate surface area is 245 Å². The molecule has 3 aliphatic rings. The van der Waals surface area contributed by atoms with Gasteiger partial charge in [-0.25, -0.2) is 18.4 Å². The smallest absolute Gasteiger partial charge is 0.339 e. The summed E-state index contributed by atoms with van der Waals surface area (Å²) in [5.41, 5.74) is 2.98. The molecule has 2 aromatic carbocycles. The number of hydrogen-bond acceptors (Lipinski definition) is 5. The van der Waals surface area contributed by atoms with Crippen molar-refractivity contribution in [3.05, 3.63) is 58.1 Å². The molecule has 0 aromatic heterocycles. The van der Waals surface area contributed by atoms with Crippen LogP contribution in [0.3, 0.4) is 0 Å². The minimum Gasteiger partial charge on any atom is -0.543 e. The molecule has 5 atom stereocenters. The summed E-state index contributed by atoms with van der Waals surface area (Å²) in [7, 11) is -5.80. The summed E-state index contributed by atoms with van der Waals surface area (Å²) in [5, 5.41) is 5.38. The van der Waals surface area contributed by atoms with Gasteiger partial charge in [0.05, 0.1) is 15.5 Å². The van der Waals surface area contributed by atoms with Crippen molar-refractivity contribution < 1.29 is 22.4 Å². The Morgan fingerprint density at radius 2 is 1.80 bits per heavy atom. The molecule has 2 fully saturated rings. The molecule has 0 radical (unpaired) electrons. The molecule has 6 nitrogen and oxygen atoms in total. The molecule has 0 amide bonds. The number of rotatable bonds is 5. The summed E-state index contributed by atoms with van der Waals surface area (Å²) < 4.78 is 36.0. The van der Waals surface area contributed by atoms with E-state index in [1.54, 1.807) is 0 Å². The first-order chi connectivity index (χ1) is 18.5. The minimum absolute atomic E-state index is 0.0284. The fraction of sp³-hybridized carbons (Fsp3) is 0.581. The van der Waals surface area contributed by atoms with E-state index >= 15 is 0 Å². The van der Waals surface area contributed by atoms with Crippen LogP contribution in [0.4, 0.5) is 0 Å². The number of carbonyl (C=O) groups is 1. The van der Waals surface area contributed by atoms with Gasteiger partial charge in [0.2, 0.25) is 18.3 Å². The number of aryl methyl sites for hydroxylation is 1. The predicted molar refractivity (Wildman–Crippen MR) is 161 cm³/mol. The number of fused-ring (bicyclic) bond motifs is 5. The Morgan fingerprint density at radius 3 is 2.45 bits per heavy atom. The lowest BCUT2D eigenvalue weighted by molar-refractivity contribution is -0.0427. The highest BCUT2D eigenvalue weighted by molar-refractivity contribution is 7.89. The standard InChI is InChI=1S/C31H42ClNO5SSi/c1-30(2,3)40(5,6)38-20-8-11-22-19(17-20)7-10-24-23(22)15-16-31(4)26(24)13-14-28(31)37-29(34)25-12-9-21(18-27(25)32)39(33,35)36/h8-9,11-12,17-18,23-24,26,28H,7,10,13-16H2,1-6H3,(H2,33,35,36)/t23-,24-,26+,28+,31+/m1/s1. The average Bonchev–Trinajstić information content (AvgIpc) is 3.18. The van der Waals surface area contributed by atoms with Crippen molar-refractivity contribution in [1.29, 1.82) is 0 Å². The first-order valence-electron chi connectivity index (χ1n) is 14.4. The number of benzene rings is 2. The fourth-order valence-electron chi connectivity index (χ4n) is 7.25. The van der Waals surface area contributed by atoms with E-state index in [1.165, 1.54) is 29.3 Å². The summed E-state index contributed by atoms with van der Waals surface area (Å²) in [6.45, 7) is 13.7. The van der Waals surface area contributed by atoms with Crippen LogP contribution in [0.1, 0.15) is 87.2 Å². The molecule has 2 aromatic rings. The molecule has 0 heterocycles. The Kier molecular flexibility index (Phi) is 7.51. The van der Waals surface area contributed by atoms with Gasteiger partial charge in [0.25, 0.3) is 0 Å². The van der Waals surface area contributed by atoms with Crippen molar-refractivity contribution in [3.63, 3.8) is 0 Å². The number of carbonyl (C=O) groups excluding carboxylic acids is 1. The van der Waals surface area contributed by atoms with E-state index in [1.807, 2.05) is 0 Å². The van der Waals surface area contributed by atoms with E-state index in [0.717, 1.165) is 44.3 Å². The van der Waals surface area contributed by atoms with Crippen molar-refractivity contribution in [1.82, 2.24) is 0 Å². The van der Waals surface area contributed by atoms with Gasteiger partial charge in [-0.05, 0) is 116 Å². The highest BCUT2D eigenvalue weighted by Gasteiger charge is 2.56. The van der Waals surface area contributed by atoms with Gasteiger partial charge in [-0.15, -0.1) is 0 Å². The molecular weight excluding hydrogens is 562 g/mol. The second kappa shape index (κ2) is 10.1. The van der Waals surface area contributed by atoms with Crippen molar-refractivity contribution in [2.75, 3.05) is 0 Å². The van der Waals surface area contributed by atoms with Gasteiger partial charge in [-0.3, -0.25) is 0 Å². The summed E-state index contributed by atoms with van der Waals surface area (Å²) in [6.07, 6.45) is 5.94. The predicted octanol–water partition coefficient (Wildman–Crippen LogP) is 7.45. The van der Waals surface area contributed by atoms with Crippen molar-refractivity contribution in [3.8, 4) is 5.75 Å². The Hall–Kier alpha value is -1.87.